The molecule has 2 atom stereocenters. The summed E-state index contributed by atoms with van der Waals surface area (Å²) in [7, 11) is 3.26. The van der Waals surface area contributed by atoms with Gasteiger partial charge in [0.15, 0.2) is 0 Å². The molecule has 28 heavy (non-hydrogen) atoms. The Kier molecular flexibility index (Phi) is 5.18. The molecule has 1 aliphatic heterocycles. The fraction of sp³-hybridized carbons (Fsp3) is 0.421. The molecule has 0 aromatic heterocycles. The van der Waals surface area contributed by atoms with Gasteiger partial charge >= 0.3 is 6.18 Å². The SMILES string of the molecule is CN(C)c1ccc(C(F)(F)F)cc1NC(=O)CN1C(=O)C2CC=CCC2C1=O. The Labute approximate surface area is 160 Å². The monoisotopic (exact) mass is 395 g/mol. The minimum Gasteiger partial charge on any atom is -0.376 e. The van der Waals surface area contributed by atoms with Gasteiger partial charge in [0.25, 0.3) is 0 Å². The first kappa shape index (κ1) is 19.9. The minimum atomic E-state index is -4.56. The lowest BCUT2D eigenvalue weighted by Gasteiger charge is -2.21. The highest BCUT2D eigenvalue weighted by Gasteiger charge is 2.47. The van der Waals surface area contributed by atoms with Crippen molar-refractivity contribution in [2.45, 2.75) is 19.0 Å². The highest BCUT2D eigenvalue weighted by atomic mass is 19.4. The van der Waals surface area contributed by atoms with Gasteiger partial charge in [-0.3, -0.25) is 19.3 Å². The number of hydrogen-bond donors (Lipinski definition) is 1. The number of likely N-dealkylation sites (tertiary alicyclic amines) is 1. The summed E-state index contributed by atoms with van der Waals surface area (Å²) in [6, 6.07) is 3.02. The van der Waals surface area contributed by atoms with Crippen molar-refractivity contribution in [2.24, 2.45) is 11.8 Å². The number of hydrogen-bond acceptors (Lipinski definition) is 4. The first-order valence-electron chi connectivity index (χ1n) is 8.78. The summed E-state index contributed by atoms with van der Waals surface area (Å²) in [5.74, 6) is -2.47. The number of rotatable bonds is 4. The van der Waals surface area contributed by atoms with Crippen LogP contribution in [-0.2, 0) is 20.6 Å². The molecule has 1 aromatic rings. The van der Waals surface area contributed by atoms with Crippen LogP contribution < -0.4 is 10.2 Å². The molecule has 6 nitrogen and oxygen atoms in total. The molecule has 1 N–H and O–H groups in total. The number of imide groups is 1. The van der Waals surface area contributed by atoms with Crippen molar-refractivity contribution < 1.29 is 27.6 Å². The molecule has 3 rings (SSSR count). The van der Waals surface area contributed by atoms with Gasteiger partial charge in [-0.15, -0.1) is 0 Å². The molecule has 0 saturated carbocycles. The van der Waals surface area contributed by atoms with E-state index in [1.807, 2.05) is 12.2 Å². The van der Waals surface area contributed by atoms with Gasteiger partial charge in [0, 0.05) is 14.1 Å². The molecule has 2 unspecified atom stereocenters. The summed E-state index contributed by atoms with van der Waals surface area (Å²) in [5.41, 5.74) is -0.569. The van der Waals surface area contributed by atoms with Gasteiger partial charge < -0.3 is 10.2 Å². The molecular weight excluding hydrogens is 375 g/mol. The van der Waals surface area contributed by atoms with Crippen molar-refractivity contribution in [2.75, 3.05) is 30.9 Å². The standard InChI is InChI=1S/C19H20F3N3O3/c1-24(2)15-8-7-11(19(20,21)22)9-14(15)23-16(26)10-25-17(27)12-5-3-4-6-13(12)18(25)28/h3-4,7-9,12-13H,5-6,10H2,1-2H3,(H,23,26). The van der Waals surface area contributed by atoms with E-state index in [9.17, 15) is 27.6 Å². The second-order valence-electron chi connectivity index (χ2n) is 7.09. The van der Waals surface area contributed by atoms with Crippen molar-refractivity contribution in [3.8, 4) is 0 Å². The number of carbonyl (C=O) groups excluding carboxylic acids is 3. The highest BCUT2D eigenvalue weighted by molar-refractivity contribution is 6.09. The summed E-state index contributed by atoms with van der Waals surface area (Å²) < 4.78 is 39.0. The van der Waals surface area contributed by atoms with Gasteiger partial charge in [-0.05, 0) is 31.0 Å². The predicted octanol–water partition coefficient (Wildman–Crippen LogP) is 2.66. The summed E-state index contributed by atoms with van der Waals surface area (Å²) in [4.78, 5) is 39.8. The van der Waals surface area contributed by atoms with Gasteiger partial charge in [0.05, 0.1) is 28.8 Å². The average molecular weight is 395 g/mol. The second-order valence-corrected chi connectivity index (χ2v) is 7.09. The van der Waals surface area contributed by atoms with Crippen molar-refractivity contribution in [3.63, 3.8) is 0 Å². The molecule has 1 aromatic carbocycles. The first-order valence-corrected chi connectivity index (χ1v) is 8.78. The molecule has 1 aliphatic carbocycles. The van der Waals surface area contributed by atoms with Gasteiger partial charge in [0.2, 0.25) is 17.7 Å². The smallest absolute Gasteiger partial charge is 0.376 e. The van der Waals surface area contributed by atoms with E-state index in [1.54, 1.807) is 19.0 Å². The lowest BCUT2D eigenvalue weighted by molar-refractivity contribution is -0.142. The van der Waals surface area contributed by atoms with E-state index in [-0.39, 0.29) is 5.69 Å². The number of allylic oxidation sites excluding steroid dienone is 2. The summed E-state index contributed by atoms with van der Waals surface area (Å²) >= 11 is 0. The zero-order valence-electron chi connectivity index (χ0n) is 15.4. The fourth-order valence-electron chi connectivity index (χ4n) is 3.56. The third kappa shape index (κ3) is 3.74. The van der Waals surface area contributed by atoms with Crippen LogP contribution in [0.5, 0.6) is 0 Å². The normalized spacial score (nSPS) is 21.7. The number of nitrogens with zero attached hydrogens (tertiary/aromatic N) is 2. The molecule has 1 fully saturated rings. The largest absolute Gasteiger partial charge is 0.416 e. The molecular formula is C19H20F3N3O3. The molecule has 0 bridgehead atoms. The van der Waals surface area contributed by atoms with E-state index >= 15 is 0 Å². The molecule has 0 radical (unpaired) electrons. The summed E-state index contributed by atoms with van der Waals surface area (Å²) in [6.07, 6.45) is 0.00918. The highest BCUT2D eigenvalue weighted by Crippen LogP contribution is 2.36. The third-order valence-electron chi connectivity index (χ3n) is 4.98. The van der Waals surface area contributed by atoms with Crippen LogP contribution in [0.2, 0.25) is 0 Å². The third-order valence-corrected chi connectivity index (χ3v) is 4.98. The average Bonchev–Trinajstić information content (AvgIpc) is 2.86. The maximum absolute atomic E-state index is 13.0. The van der Waals surface area contributed by atoms with Gasteiger partial charge in [-0.25, -0.2) is 0 Å². The predicted molar refractivity (Wildman–Crippen MR) is 96.5 cm³/mol. The zero-order valence-corrected chi connectivity index (χ0v) is 15.4. The van der Waals surface area contributed by atoms with E-state index in [2.05, 4.69) is 5.32 Å². The van der Waals surface area contributed by atoms with Gasteiger partial charge in [-0.1, -0.05) is 12.2 Å². The molecule has 2 aliphatic rings. The number of anilines is 2. The molecule has 1 saturated heterocycles. The van der Waals surface area contributed by atoms with Crippen LogP contribution in [0, 0.1) is 11.8 Å². The quantitative estimate of drug-likeness (QED) is 0.629. The van der Waals surface area contributed by atoms with E-state index < -0.39 is 47.8 Å². The van der Waals surface area contributed by atoms with Gasteiger partial charge in [0.1, 0.15) is 6.54 Å². The fourth-order valence-corrected chi connectivity index (χ4v) is 3.56. The number of alkyl halides is 3. The van der Waals surface area contributed by atoms with E-state index in [4.69, 9.17) is 0 Å². The Morgan fingerprint density at radius 2 is 1.71 bits per heavy atom. The number of halogens is 3. The molecule has 150 valence electrons. The van der Waals surface area contributed by atoms with Crippen molar-refractivity contribution in [1.29, 1.82) is 0 Å². The number of amides is 3. The second kappa shape index (κ2) is 7.29. The van der Waals surface area contributed by atoms with Gasteiger partial charge in [-0.2, -0.15) is 13.2 Å². The van der Waals surface area contributed by atoms with E-state index in [0.29, 0.717) is 18.5 Å². The maximum Gasteiger partial charge on any atom is 0.416 e. The van der Waals surface area contributed by atoms with E-state index in [1.165, 1.54) is 6.07 Å². The van der Waals surface area contributed by atoms with Crippen LogP contribution in [0.3, 0.4) is 0 Å². The van der Waals surface area contributed by atoms with Crippen LogP contribution in [0.25, 0.3) is 0 Å². The van der Waals surface area contributed by atoms with Crippen LogP contribution in [0.1, 0.15) is 18.4 Å². The Morgan fingerprint density at radius 3 is 2.21 bits per heavy atom. The zero-order chi connectivity index (χ0) is 20.6. The Morgan fingerprint density at radius 1 is 1.14 bits per heavy atom. The number of nitrogens with one attached hydrogen (secondary N) is 1. The number of fused-ring (bicyclic) bond motifs is 1. The van der Waals surface area contributed by atoms with Crippen molar-refractivity contribution in [3.05, 3.63) is 35.9 Å². The van der Waals surface area contributed by atoms with E-state index in [0.717, 1.165) is 17.0 Å². The molecule has 3 amide bonds. The van der Waals surface area contributed by atoms with Crippen LogP contribution in [-0.4, -0.2) is 43.3 Å². The summed E-state index contributed by atoms with van der Waals surface area (Å²) in [5, 5.41) is 2.41. The minimum absolute atomic E-state index is 0.0389. The molecule has 0 spiro atoms. The molecule has 1 heterocycles. The topological polar surface area (TPSA) is 69.7 Å². The first-order chi connectivity index (χ1) is 13.1. The number of carbonyl (C=O) groups is 3. The van der Waals surface area contributed by atoms with Crippen LogP contribution in [0.15, 0.2) is 30.4 Å². The van der Waals surface area contributed by atoms with Crippen molar-refractivity contribution in [1.82, 2.24) is 4.90 Å². The lowest BCUT2D eigenvalue weighted by Crippen LogP contribution is -2.38. The maximum atomic E-state index is 13.0. The Bertz CT molecular complexity index is 823. The van der Waals surface area contributed by atoms with Crippen LogP contribution in [0.4, 0.5) is 24.5 Å². The molecule has 9 heteroatoms. The Hall–Kier alpha value is -2.84. The lowest BCUT2D eigenvalue weighted by atomic mass is 9.85. The van der Waals surface area contributed by atoms with Crippen LogP contribution >= 0.6 is 0 Å². The Balaban J connectivity index is 1.78. The number of benzene rings is 1. The van der Waals surface area contributed by atoms with Crippen molar-refractivity contribution >= 4 is 29.1 Å². The summed E-state index contributed by atoms with van der Waals surface area (Å²) in [6.45, 7) is -0.520.